The molecule has 0 fully saturated rings. The summed E-state index contributed by atoms with van der Waals surface area (Å²) in [4.78, 5) is 0. The van der Waals surface area contributed by atoms with Gasteiger partial charge in [0.2, 0.25) is 0 Å². The second-order valence-corrected chi connectivity index (χ2v) is 9.03. The quantitative estimate of drug-likeness (QED) is 0.265. The molecule has 0 N–H and O–H groups in total. The van der Waals surface area contributed by atoms with Gasteiger partial charge in [0, 0.05) is 0 Å². The highest BCUT2D eigenvalue weighted by Gasteiger charge is 2.19. The van der Waals surface area contributed by atoms with Gasteiger partial charge in [-0.3, -0.25) is 0 Å². The zero-order valence-electron chi connectivity index (χ0n) is 18.5. The number of unbranched alkanes of at least 4 members (excludes halogenated alkanes) is 2. The highest BCUT2D eigenvalue weighted by molar-refractivity contribution is 4.65. The first kappa shape index (κ1) is 24.9. The van der Waals surface area contributed by atoms with E-state index in [-0.39, 0.29) is 6.29 Å². The van der Waals surface area contributed by atoms with E-state index in [2.05, 4.69) is 48.5 Å². The van der Waals surface area contributed by atoms with Gasteiger partial charge in [-0.15, -0.1) is 0 Å². The van der Waals surface area contributed by atoms with E-state index in [1.54, 1.807) is 0 Å². The van der Waals surface area contributed by atoms with Gasteiger partial charge in [0.25, 0.3) is 0 Å². The van der Waals surface area contributed by atoms with Crippen LogP contribution in [0.1, 0.15) is 113 Å². The molecule has 2 heteroatoms. The molecule has 0 aromatic heterocycles. The van der Waals surface area contributed by atoms with Gasteiger partial charge < -0.3 is 9.47 Å². The van der Waals surface area contributed by atoms with Crippen LogP contribution in [0, 0.1) is 17.3 Å². The lowest BCUT2D eigenvalue weighted by Gasteiger charge is -2.27. The Morgan fingerprint density at radius 3 is 1.44 bits per heavy atom. The van der Waals surface area contributed by atoms with Crippen molar-refractivity contribution in [1.82, 2.24) is 0 Å². The Hall–Kier alpha value is -0.0800. The normalized spacial score (nSPS) is 16.0. The smallest absolute Gasteiger partial charge is 0.157 e. The van der Waals surface area contributed by atoms with Gasteiger partial charge in [0.1, 0.15) is 0 Å². The molecule has 0 aromatic carbocycles. The van der Waals surface area contributed by atoms with Crippen molar-refractivity contribution < 1.29 is 9.47 Å². The van der Waals surface area contributed by atoms with Crippen molar-refractivity contribution in [3.05, 3.63) is 0 Å². The molecule has 25 heavy (non-hydrogen) atoms. The first-order valence-corrected chi connectivity index (χ1v) is 11.1. The maximum absolute atomic E-state index is 6.26. The molecular formula is C23H48O2. The van der Waals surface area contributed by atoms with Gasteiger partial charge in [-0.05, 0) is 42.9 Å². The predicted octanol–water partition coefficient (Wildman–Crippen LogP) is 7.60. The van der Waals surface area contributed by atoms with Gasteiger partial charge in [-0.2, -0.15) is 0 Å². The van der Waals surface area contributed by atoms with Crippen molar-refractivity contribution in [3.8, 4) is 0 Å². The van der Waals surface area contributed by atoms with E-state index in [4.69, 9.17) is 9.47 Å². The molecule has 2 unspecified atom stereocenters. The maximum Gasteiger partial charge on any atom is 0.157 e. The minimum Gasteiger partial charge on any atom is -0.352 e. The van der Waals surface area contributed by atoms with E-state index in [0.717, 1.165) is 26.1 Å². The van der Waals surface area contributed by atoms with Gasteiger partial charge >= 0.3 is 0 Å². The van der Waals surface area contributed by atoms with Crippen molar-refractivity contribution in [3.63, 3.8) is 0 Å². The lowest BCUT2D eigenvalue weighted by atomic mass is 9.90. The van der Waals surface area contributed by atoms with Crippen LogP contribution in [-0.2, 0) is 9.47 Å². The Labute approximate surface area is 159 Å². The third kappa shape index (κ3) is 14.7. The summed E-state index contributed by atoms with van der Waals surface area (Å²) in [5.41, 5.74) is 0.337. The fourth-order valence-corrected chi connectivity index (χ4v) is 3.05. The SMILES string of the molecule is CCCCC(CC)COC(CCC(C)(C)C)OCC(CC)CCCC. The second-order valence-electron chi connectivity index (χ2n) is 9.03. The van der Waals surface area contributed by atoms with Crippen LogP contribution < -0.4 is 0 Å². The molecule has 0 spiro atoms. The molecule has 0 aromatic rings. The minimum atomic E-state index is -0.0226. The highest BCUT2D eigenvalue weighted by Crippen LogP contribution is 2.24. The monoisotopic (exact) mass is 356 g/mol. The average molecular weight is 357 g/mol. The fourth-order valence-electron chi connectivity index (χ4n) is 3.05. The van der Waals surface area contributed by atoms with Gasteiger partial charge in [0.05, 0.1) is 13.2 Å². The Morgan fingerprint density at radius 2 is 1.12 bits per heavy atom. The summed E-state index contributed by atoms with van der Waals surface area (Å²) < 4.78 is 12.5. The number of rotatable bonds is 16. The first-order valence-electron chi connectivity index (χ1n) is 11.1. The Morgan fingerprint density at radius 1 is 0.680 bits per heavy atom. The van der Waals surface area contributed by atoms with E-state index in [9.17, 15) is 0 Å². The number of ether oxygens (including phenoxy) is 2. The zero-order chi connectivity index (χ0) is 19.1. The van der Waals surface area contributed by atoms with E-state index in [0.29, 0.717) is 17.3 Å². The largest absolute Gasteiger partial charge is 0.352 e. The molecule has 0 radical (unpaired) electrons. The van der Waals surface area contributed by atoms with Crippen LogP contribution in [0.5, 0.6) is 0 Å². The molecule has 152 valence electrons. The van der Waals surface area contributed by atoms with Crippen LogP contribution in [0.3, 0.4) is 0 Å². The minimum absolute atomic E-state index is 0.0226. The zero-order valence-corrected chi connectivity index (χ0v) is 18.5. The lowest BCUT2D eigenvalue weighted by molar-refractivity contribution is -0.164. The van der Waals surface area contributed by atoms with Crippen LogP contribution in [-0.4, -0.2) is 19.5 Å². The van der Waals surface area contributed by atoms with Crippen LogP contribution in [0.25, 0.3) is 0 Å². The van der Waals surface area contributed by atoms with E-state index in [1.165, 1.54) is 51.4 Å². The highest BCUT2D eigenvalue weighted by atomic mass is 16.7. The maximum atomic E-state index is 6.26. The molecule has 0 saturated heterocycles. The molecule has 0 rings (SSSR count). The molecule has 0 saturated carbocycles. The van der Waals surface area contributed by atoms with Crippen molar-refractivity contribution in [1.29, 1.82) is 0 Å². The molecule has 0 bridgehead atoms. The Balaban J connectivity index is 4.47. The standard InChI is InChI=1S/C23H48O2/c1-8-12-14-20(10-3)18-24-22(16-17-23(5,6)7)25-19-21(11-4)15-13-9-2/h20-22H,8-19H2,1-7H3. The van der Waals surface area contributed by atoms with E-state index in [1.807, 2.05) is 0 Å². The van der Waals surface area contributed by atoms with Crippen LogP contribution >= 0.6 is 0 Å². The summed E-state index contributed by atoms with van der Waals surface area (Å²) in [5.74, 6) is 1.37. The van der Waals surface area contributed by atoms with Crippen molar-refractivity contribution in [2.24, 2.45) is 17.3 Å². The second kappa shape index (κ2) is 15.0. The van der Waals surface area contributed by atoms with E-state index < -0.39 is 0 Å². The Bertz CT molecular complexity index is 262. The number of hydrogen-bond acceptors (Lipinski definition) is 2. The fraction of sp³-hybridized carbons (Fsp3) is 1.00. The van der Waals surface area contributed by atoms with Crippen LogP contribution in [0.2, 0.25) is 0 Å². The molecule has 2 atom stereocenters. The number of hydrogen-bond donors (Lipinski definition) is 0. The third-order valence-corrected chi connectivity index (χ3v) is 5.25. The van der Waals surface area contributed by atoms with Crippen LogP contribution in [0.4, 0.5) is 0 Å². The van der Waals surface area contributed by atoms with Crippen molar-refractivity contribution in [2.75, 3.05) is 13.2 Å². The first-order chi connectivity index (χ1) is 11.9. The summed E-state index contributed by atoms with van der Waals surface area (Å²) in [7, 11) is 0. The molecule has 0 amide bonds. The molecular weight excluding hydrogens is 308 g/mol. The average Bonchev–Trinajstić information content (AvgIpc) is 2.58. The van der Waals surface area contributed by atoms with Crippen molar-refractivity contribution >= 4 is 0 Å². The summed E-state index contributed by atoms with van der Waals surface area (Å²) in [6.07, 6.45) is 12.3. The molecule has 0 aliphatic rings. The molecule has 0 heterocycles. The topological polar surface area (TPSA) is 18.5 Å². The Kier molecular flexibility index (Phi) is 15.0. The molecule has 0 aliphatic heterocycles. The third-order valence-electron chi connectivity index (χ3n) is 5.25. The van der Waals surface area contributed by atoms with Gasteiger partial charge in [-0.1, -0.05) is 87.0 Å². The summed E-state index contributed by atoms with van der Waals surface area (Å²) in [6, 6.07) is 0. The van der Waals surface area contributed by atoms with E-state index >= 15 is 0 Å². The van der Waals surface area contributed by atoms with Crippen LogP contribution in [0.15, 0.2) is 0 Å². The summed E-state index contributed by atoms with van der Waals surface area (Å²) in [6.45, 7) is 17.7. The van der Waals surface area contributed by atoms with Gasteiger partial charge in [-0.25, -0.2) is 0 Å². The lowest BCUT2D eigenvalue weighted by Crippen LogP contribution is -2.25. The summed E-state index contributed by atoms with van der Waals surface area (Å²) >= 11 is 0. The summed E-state index contributed by atoms with van der Waals surface area (Å²) in [5, 5.41) is 0. The van der Waals surface area contributed by atoms with Gasteiger partial charge in [0.15, 0.2) is 6.29 Å². The molecule has 0 aliphatic carbocycles. The van der Waals surface area contributed by atoms with Crippen molar-refractivity contribution in [2.45, 2.75) is 119 Å². The predicted molar refractivity (Wildman–Crippen MR) is 111 cm³/mol. The molecule has 2 nitrogen and oxygen atoms in total.